The van der Waals surface area contributed by atoms with Crippen LogP contribution in [0.4, 0.5) is 0 Å². The molecule has 3 unspecified atom stereocenters. The molecule has 208 valence electrons. The summed E-state index contributed by atoms with van der Waals surface area (Å²) in [6, 6.07) is -1.29. The zero-order valence-electron chi connectivity index (χ0n) is 22.8. The summed E-state index contributed by atoms with van der Waals surface area (Å²) in [7, 11) is 0. The van der Waals surface area contributed by atoms with Gasteiger partial charge in [-0.25, -0.2) is 0 Å². The molecule has 0 aromatic heterocycles. The first-order valence-electron chi connectivity index (χ1n) is 13.3. The van der Waals surface area contributed by atoms with Gasteiger partial charge in [0, 0.05) is 22.2 Å². The van der Waals surface area contributed by atoms with Gasteiger partial charge in [-0.1, -0.05) is 41.9 Å². The smallest absolute Gasteiger partial charge is 0.310 e. The van der Waals surface area contributed by atoms with Gasteiger partial charge in [0.2, 0.25) is 11.8 Å². The van der Waals surface area contributed by atoms with Crippen LogP contribution in [0.1, 0.15) is 60.3 Å². The number of carbonyl (C=O) groups is 3. The molecule has 3 heterocycles. The number of unbranched alkanes of at least 4 members (excludes halogenated alkanes) is 1. The molecule has 3 rings (SSSR count). The molecule has 1 spiro atoms. The van der Waals surface area contributed by atoms with Crippen molar-refractivity contribution in [3.63, 3.8) is 0 Å². The van der Waals surface area contributed by atoms with Gasteiger partial charge in [-0.3, -0.25) is 14.4 Å². The van der Waals surface area contributed by atoms with Gasteiger partial charge in [-0.15, -0.1) is 24.9 Å². The quantitative estimate of drug-likeness (QED) is 0.157. The lowest BCUT2D eigenvalue weighted by atomic mass is 9.71. The summed E-state index contributed by atoms with van der Waals surface area (Å²) < 4.78 is 4.88. The number of ether oxygens (including phenoxy) is 1. The number of nitrogens with zero attached hydrogens (tertiary/aromatic N) is 2. The summed E-state index contributed by atoms with van der Waals surface area (Å²) in [5, 5.41) is 10.3. The molecule has 0 aliphatic carbocycles. The summed E-state index contributed by atoms with van der Waals surface area (Å²) in [5.41, 5.74) is -0.500. The van der Waals surface area contributed by atoms with Gasteiger partial charge in [-0.05, 0) is 52.4 Å². The summed E-state index contributed by atoms with van der Waals surface area (Å²) in [6.07, 6.45) is 6.07. The molecule has 0 radical (unpaired) electrons. The molecule has 37 heavy (non-hydrogen) atoms. The van der Waals surface area contributed by atoms with Crippen LogP contribution in [-0.2, 0) is 19.1 Å². The number of halogens is 1. The van der Waals surface area contributed by atoms with E-state index in [1.54, 1.807) is 33.7 Å². The van der Waals surface area contributed by atoms with E-state index in [1.807, 2.05) is 34.6 Å². The lowest BCUT2D eigenvalue weighted by Gasteiger charge is -2.44. The van der Waals surface area contributed by atoms with E-state index in [4.69, 9.17) is 4.74 Å². The predicted molar refractivity (Wildman–Crippen MR) is 151 cm³/mol. The SMILES string of the molecule is C=CCCCOC(=O)[C@H]1[C@H]2C(=O)N([C@@H](CO)CC(C)C)C(C(=O)N(CC=C)C(C)(C)C)C23CC(Br)[C@@H]1S3. The maximum atomic E-state index is 14.4. The first kappa shape index (κ1) is 30.2. The van der Waals surface area contributed by atoms with Gasteiger partial charge in [0.25, 0.3) is 0 Å². The number of hydrogen-bond donors (Lipinski definition) is 1. The van der Waals surface area contributed by atoms with Crippen molar-refractivity contribution >= 4 is 45.5 Å². The Bertz CT molecular complexity index is 905. The number of amides is 2. The van der Waals surface area contributed by atoms with E-state index in [2.05, 4.69) is 29.1 Å². The normalized spacial score (nSPS) is 31.4. The monoisotopic (exact) mass is 598 g/mol. The number of thioether (sulfide) groups is 1. The van der Waals surface area contributed by atoms with Crippen LogP contribution in [0.5, 0.6) is 0 Å². The molecule has 0 aromatic carbocycles. The van der Waals surface area contributed by atoms with Gasteiger partial charge in [0.05, 0.1) is 35.8 Å². The van der Waals surface area contributed by atoms with E-state index < -0.39 is 34.2 Å². The van der Waals surface area contributed by atoms with Crippen LogP contribution in [0, 0.1) is 17.8 Å². The Labute approximate surface area is 234 Å². The van der Waals surface area contributed by atoms with Crippen molar-refractivity contribution in [2.45, 2.75) is 92.7 Å². The maximum absolute atomic E-state index is 14.4. The van der Waals surface area contributed by atoms with Crippen LogP contribution in [-0.4, -0.2) is 84.9 Å². The highest BCUT2D eigenvalue weighted by Gasteiger charge is 2.76. The maximum Gasteiger partial charge on any atom is 0.310 e. The van der Waals surface area contributed by atoms with Crippen LogP contribution in [0.25, 0.3) is 0 Å². The van der Waals surface area contributed by atoms with E-state index in [1.165, 1.54) is 0 Å². The van der Waals surface area contributed by atoms with Crippen molar-refractivity contribution < 1.29 is 24.2 Å². The van der Waals surface area contributed by atoms with Gasteiger partial charge in [0.15, 0.2) is 0 Å². The molecule has 2 amide bonds. The van der Waals surface area contributed by atoms with E-state index >= 15 is 0 Å². The molecular weight excluding hydrogens is 556 g/mol. The molecule has 7 atom stereocenters. The second kappa shape index (κ2) is 11.8. The topological polar surface area (TPSA) is 87.1 Å². The Balaban J connectivity index is 2.08. The summed E-state index contributed by atoms with van der Waals surface area (Å²) in [4.78, 5) is 45.5. The first-order chi connectivity index (χ1) is 17.3. The molecule has 0 saturated carbocycles. The molecule has 3 aliphatic rings. The average Bonchev–Trinajstić information content (AvgIpc) is 3.40. The Morgan fingerprint density at radius 1 is 1.32 bits per heavy atom. The predicted octanol–water partition coefficient (Wildman–Crippen LogP) is 4.18. The van der Waals surface area contributed by atoms with Crippen LogP contribution in [0.15, 0.2) is 25.3 Å². The van der Waals surface area contributed by atoms with E-state index in [0.717, 1.165) is 6.42 Å². The van der Waals surface area contributed by atoms with Crippen molar-refractivity contribution in [2.24, 2.45) is 17.8 Å². The molecule has 7 nitrogen and oxygen atoms in total. The zero-order chi connectivity index (χ0) is 27.7. The number of allylic oxidation sites excluding steroid dienone is 1. The van der Waals surface area contributed by atoms with Crippen LogP contribution in [0.3, 0.4) is 0 Å². The third kappa shape index (κ3) is 5.55. The standard InChI is InChI=1S/C28H43BrN2O5S/c1-8-10-11-13-36-26(35)20-21-24(33)31(18(16-32)14-17(3)4)23(28(21)15-19(29)22(20)37-28)25(34)30(12-9-2)27(5,6)7/h8-9,17-23,32H,1-2,10-16H2,3-7H3/t18-,19?,20+,21+,22+,23?,28?/m1/s1. The largest absolute Gasteiger partial charge is 0.465 e. The molecule has 3 aliphatic heterocycles. The second-order valence-electron chi connectivity index (χ2n) is 11.9. The number of esters is 1. The third-order valence-corrected chi connectivity index (χ3v) is 11.0. The highest BCUT2D eigenvalue weighted by atomic mass is 79.9. The molecule has 9 heteroatoms. The number of fused-ring (bicyclic) bond motifs is 1. The first-order valence-corrected chi connectivity index (χ1v) is 15.1. The number of likely N-dealkylation sites (tertiary alicyclic amines) is 1. The number of hydrogen-bond acceptors (Lipinski definition) is 6. The van der Waals surface area contributed by atoms with Gasteiger partial charge in [0.1, 0.15) is 6.04 Å². The molecule has 3 fully saturated rings. The van der Waals surface area contributed by atoms with E-state index in [-0.39, 0.29) is 47.0 Å². The number of alkyl halides is 1. The molecule has 1 N–H and O–H groups in total. The van der Waals surface area contributed by atoms with E-state index in [0.29, 0.717) is 25.8 Å². The van der Waals surface area contributed by atoms with Crippen LogP contribution < -0.4 is 0 Å². The summed E-state index contributed by atoms with van der Waals surface area (Å²) >= 11 is 5.38. The Kier molecular flexibility index (Phi) is 9.66. The minimum absolute atomic E-state index is 0.0253. The van der Waals surface area contributed by atoms with Crippen molar-refractivity contribution in [3.05, 3.63) is 25.3 Å². The van der Waals surface area contributed by atoms with Crippen molar-refractivity contribution in [2.75, 3.05) is 19.8 Å². The Morgan fingerprint density at radius 3 is 2.54 bits per heavy atom. The lowest BCUT2D eigenvalue weighted by molar-refractivity contribution is -0.154. The van der Waals surface area contributed by atoms with Crippen LogP contribution >= 0.6 is 27.7 Å². The van der Waals surface area contributed by atoms with Crippen molar-refractivity contribution in [1.82, 2.24) is 9.80 Å². The van der Waals surface area contributed by atoms with Crippen molar-refractivity contribution in [3.8, 4) is 0 Å². The lowest BCUT2D eigenvalue weighted by Crippen LogP contribution is -2.61. The fourth-order valence-corrected chi connectivity index (χ4v) is 9.88. The molecule has 0 aromatic rings. The molecule has 3 saturated heterocycles. The summed E-state index contributed by atoms with van der Waals surface area (Å²) in [5.74, 6) is -1.83. The summed E-state index contributed by atoms with van der Waals surface area (Å²) in [6.45, 7) is 17.9. The fraction of sp³-hybridized carbons (Fsp3) is 0.750. The molecule has 2 bridgehead atoms. The Hall–Kier alpha value is -1.32. The number of carbonyl (C=O) groups excluding carboxylic acids is 3. The average molecular weight is 600 g/mol. The number of aliphatic hydroxyl groups excluding tert-OH is 1. The number of aliphatic hydroxyl groups is 1. The highest BCUT2D eigenvalue weighted by molar-refractivity contribution is 9.09. The second-order valence-corrected chi connectivity index (χ2v) is 14.6. The van der Waals surface area contributed by atoms with Gasteiger partial charge in [-0.2, -0.15) is 0 Å². The number of rotatable bonds is 12. The Morgan fingerprint density at radius 2 is 2.00 bits per heavy atom. The highest BCUT2D eigenvalue weighted by Crippen LogP contribution is 2.68. The van der Waals surface area contributed by atoms with Crippen molar-refractivity contribution in [1.29, 1.82) is 0 Å². The fourth-order valence-electron chi connectivity index (χ4n) is 6.30. The van der Waals surface area contributed by atoms with Crippen LogP contribution in [0.2, 0.25) is 0 Å². The third-order valence-electron chi connectivity index (χ3n) is 7.77. The minimum atomic E-state index is -0.784. The molecular formula is C28H43BrN2O5S. The van der Waals surface area contributed by atoms with E-state index in [9.17, 15) is 19.5 Å². The van der Waals surface area contributed by atoms with Gasteiger partial charge < -0.3 is 19.6 Å². The minimum Gasteiger partial charge on any atom is -0.465 e. The zero-order valence-corrected chi connectivity index (χ0v) is 25.2. The van der Waals surface area contributed by atoms with Gasteiger partial charge >= 0.3 is 5.97 Å².